The van der Waals surface area contributed by atoms with Crippen molar-refractivity contribution >= 4 is 5.91 Å². The maximum Gasteiger partial charge on any atom is 0.236 e. The van der Waals surface area contributed by atoms with Crippen LogP contribution >= 0.6 is 0 Å². The lowest BCUT2D eigenvalue weighted by molar-refractivity contribution is -0.132. The molecule has 1 fully saturated rings. The summed E-state index contributed by atoms with van der Waals surface area (Å²) in [5, 5.41) is 0. The zero-order valence-electron chi connectivity index (χ0n) is 13.2. The molecule has 0 spiro atoms. The number of nitrogens with two attached hydrogens (primary N) is 1. The predicted molar refractivity (Wildman–Crippen MR) is 85.7 cm³/mol. The molecule has 1 aromatic rings. The Morgan fingerprint density at radius 3 is 2.81 bits per heavy atom. The van der Waals surface area contributed by atoms with Crippen LogP contribution in [0.4, 0.5) is 0 Å². The number of piperidine rings is 1. The maximum absolute atomic E-state index is 12.3. The summed E-state index contributed by atoms with van der Waals surface area (Å²) < 4.78 is 0. The first-order chi connectivity index (χ1) is 10.1. The number of nitrogens with zero attached hydrogens (tertiary/aromatic N) is 2. The summed E-state index contributed by atoms with van der Waals surface area (Å²) in [4.78, 5) is 16.4. The second-order valence-electron chi connectivity index (χ2n) is 6.23. The maximum atomic E-state index is 12.3. The zero-order valence-corrected chi connectivity index (χ0v) is 13.2. The van der Waals surface area contributed by atoms with E-state index in [0.717, 1.165) is 19.5 Å². The fraction of sp³-hybridized carbons (Fsp3) is 0.588. The van der Waals surface area contributed by atoms with Gasteiger partial charge in [-0.2, -0.15) is 0 Å². The summed E-state index contributed by atoms with van der Waals surface area (Å²) in [5.74, 6) is 0.704. The van der Waals surface area contributed by atoms with Gasteiger partial charge in [0.1, 0.15) is 0 Å². The Kier molecular flexibility index (Phi) is 5.76. The van der Waals surface area contributed by atoms with E-state index in [-0.39, 0.29) is 11.9 Å². The lowest BCUT2D eigenvalue weighted by Crippen LogP contribution is -2.46. The van der Waals surface area contributed by atoms with E-state index in [9.17, 15) is 4.79 Å². The van der Waals surface area contributed by atoms with Crippen LogP contribution in [0.25, 0.3) is 0 Å². The van der Waals surface area contributed by atoms with E-state index < -0.39 is 0 Å². The molecule has 2 atom stereocenters. The second kappa shape index (κ2) is 7.57. The van der Waals surface area contributed by atoms with Crippen LogP contribution < -0.4 is 5.73 Å². The molecule has 1 heterocycles. The van der Waals surface area contributed by atoms with Crippen molar-refractivity contribution in [1.29, 1.82) is 0 Å². The molecule has 0 aliphatic carbocycles. The summed E-state index contributed by atoms with van der Waals surface area (Å²) in [7, 11) is 1.88. The number of amides is 1. The molecule has 1 amide bonds. The number of benzene rings is 1. The van der Waals surface area contributed by atoms with Crippen LogP contribution in [0, 0.1) is 5.92 Å². The van der Waals surface area contributed by atoms with Crippen LogP contribution in [0.15, 0.2) is 30.3 Å². The molecule has 2 rings (SSSR count). The highest BCUT2D eigenvalue weighted by molar-refractivity contribution is 5.78. The Hall–Kier alpha value is -1.39. The molecular weight excluding hydrogens is 262 g/mol. The lowest BCUT2D eigenvalue weighted by Gasteiger charge is -2.34. The van der Waals surface area contributed by atoms with Crippen molar-refractivity contribution in [3.8, 4) is 0 Å². The van der Waals surface area contributed by atoms with E-state index >= 15 is 0 Å². The monoisotopic (exact) mass is 289 g/mol. The molecule has 1 aromatic carbocycles. The largest absolute Gasteiger partial charge is 0.340 e. The van der Waals surface area contributed by atoms with Crippen molar-refractivity contribution in [2.24, 2.45) is 11.7 Å². The van der Waals surface area contributed by atoms with Crippen molar-refractivity contribution < 1.29 is 4.79 Å². The molecule has 4 nitrogen and oxygen atoms in total. The van der Waals surface area contributed by atoms with E-state index in [1.165, 1.54) is 12.0 Å². The highest BCUT2D eigenvalue weighted by Gasteiger charge is 2.24. The molecule has 1 aliphatic heterocycles. The average molecular weight is 289 g/mol. The molecule has 0 radical (unpaired) electrons. The summed E-state index contributed by atoms with van der Waals surface area (Å²) in [6, 6.07) is 10.3. The smallest absolute Gasteiger partial charge is 0.236 e. The molecular formula is C17H27N3O. The Balaban J connectivity index is 1.83. The van der Waals surface area contributed by atoms with Gasteiger partial charge in [-0.25, -0.2) is 0 Å². The number of carbonyl (C=O) groups is 1. The molecule has 4 heteroatoms. The number of hydrogen-bond donors (Lipinski definition) is 1. The summed E-state index contributed by atoms with van der Waals surface area (Å²) in [6.45, 7) is 5.20. The topological polar surface area (TPSA) is 49.6 Å². The number of carbonyl (C=O) groups excluding carboxylic acids is 1. The fourth-order valence-corrected chi connectivity index (χ4v) is 2.92. The minimum atomic E-state index is 0.184. The second-order valence-corrected chi connectivity index (χ2v) is 6.23. The normalized spacial score (nSPS) is 21.0. The Morgan fingerprint density at radius 2 is 2.14 bits per heavy atom. The summed E-state index contributed by atoms with van der Waals surface area (Å²) in [6.07, 6.45) is 2.32. The zero-order chi connectivity index (χ0) is 15.2. The SMILES string of the molecule is CC(N)C1CCCN(CC(=O)N(C)Cc2ccccc2)C1. The van der Waals surface area contributed by atoms with E-state index in [1.54, 1.807) is 0 Å². The molecule has 0 aromatic heterocycles. The van der Waals surface area contributed by atoms with Gasteiger partial charge in [0.2, 0.25) is 5.91 Å². The van der Waals surface area contributed by atoms with Gasteiger partial charge in [-0.1, -0.05) is 30.3 Å². The third-order valence-electron chi connectivity index (χ3n) is 4.33. The lowest BCUT2D eigenvalue weighted by atomic mass is 9.92. The Bertz CT molecular complexity index is 447. The van der Waals surface area contributed by atoms with Crippen LogP contribution in [-0.4, -0.2) is 48.4 Å². The molecule has 2 N–H and O–H groups in total. The van der Waals surface area contributed by atoms with Crippen LogP contribution in [0.1, 0.15) is 25.3 Å². The number of hydrogen-bond acceptors (Lipinski definition) is 3. The van der Waals surface area contributed by atoms with Crippen LogP contribution in [0.3, 0.4) is 0 Å². The first-order valence-corrected chi connectivity index (χ1v) is 7.82. The average Bonchev–Trinajstić information content (AvgIpc) is 2.48. The van der Waals surface area contributed by atoms with Crippen molar-refractivity contribution in [1.82, 2.24) is 9.80 Å². The predicted octanol–water partition coefficient (Wildman–Crippen LogP) is 1.70. The van der Waals surface area contributed by atoms with E-state index in [2.05, 4.69) is 24.0 Å². The first-order valence-electron chi connectivity index (χ1n) is 7.82. The third-order valence-corrected chi connectivity index (χ3v) is 4.33. The van der Waals surface area contributed by atoms with Crippen LogP contribution in [0.2, 0.25) is 0 Å². The van der Waals surface area contributed by atoms with Gasteiger partial charge in [-0.3, -0.25) is 9.69 Å². The first kappa shape index (κ1) is 16.0. The van der Waals surface area contributed by atoms with Crippen molar-refractivity contribution in [2.45, 2.75) is 32.4 Å². The Morgan fingerprint density at radius 1 is 1.43 bits per heavy atom. The number of likely N-dealkylation sites (N-methyl/N-ethyl adjacent to an activating group) is 1. The number of rotatable bonds is 5. The van der Waals surface area contributed by atoms with Gasteiger partial charge < -0.3 is 10.6 Å². The quantitative estimate of drug-likeness (QED) is 0.897. The van der Waals surface area contributed by atoms with E-state index in [0.29, 0.717) is 19.0 Å². The van der Waals surface area contributed by atoms with Crippen LogP contribution in [0.5, 0.6) is 0 Å². The molecule has 1 aliphatic rings. The third kappa shape index (κ3) is 4.83. The molecule has 1 saturated heterocycles. The highest BCUT2D eigenvalue weighted by Crippen LogP contribution is 2.18. The van der Waals surface area contributed by atoms with Gasteiger partial charge in [0.15, 0.2) is 0 Å². The summed E-state index contributed by atoms with van der Waals surface area (Å²) in [5.41, 5.74) is 7.17. The van der Waals surface area contributed by atoms with Gasteiger partial charge in [-0.05, 0) is 37.8 Å². The summed E-state index contributed by atoms with van der Waals surface area (Å²) >= 11 is 0. The molecule has 0 saturated carbocycles. The van der Waals surface area contributed by atoms with Gasteiger partial charge in [-0.15, -0.1) is 0 Å². The molecule has 2 unspecified atom stereocenters. The molecule has 116 valence electrons. The van der Waals surface area contributed by atoms with Crippen LogP contribution in [-0.2, 0) is 11.3 Å². The molecule has 21 heavy (non-hydrogen) atoms. The highest BCUT2D eigenvalue weighted by atomic mass is 16.2. The number of likely N-dealkylation sites (tertiary alicyclic amines) is 1. The van der Waals surface area contributed by atoms with Gasteiger partial charge >= 0.3 is 0 Å². The Labute approximate surface area is 127 Å². The standard InChI is InChI=1S/C17H27N3O/c1-14(18)16-9-6-10-20(12-16)13-17(21)19(2)11-15-7-4-3-5-8-15/h3-5,7-8,14,16H,6,9-13,18H2,1-2H3. The van der Waals surface area contributed by atoms with Crippen molar-refractivity contribution in [3.63, 3.8) is 0 Å². The van der Waals surface area contributed by atoms with Gasteiger partial charge in [0.05, 0.1) is 6.54 Å². The fourth-order valence-electron chi connectivity index (χ4n) is 2.92. The minimum Gasteiger partial charge on any atom is -0.340 e. The van der Waals surface area contributed by atoms with Crippen molar-refractivity contribution in [2.75, 3.05) is 26.7 Å². The van der Waals surface area contributed by atoms with Gasteiger partial charge in [0, 0.05) is 26.2 Å². The molecule has 0 bridgehead atoms. The minimum absolute atomic E-state index is 0.184. The van der Waals surface area contributed by atoms with E-state index in [1.807, 2.05) is 30.1 Å². The van der Waals surface area contributed by atoms with Crippen molar-refractivity contribution in [3.05, 3.63) is 35.9 Å². The van der Waals surface area contributed by atoms with E-state index in [4.69, 9.17) is 5.73 Å². The van der Waals surface area contributed by atoms with Gasteiger partial charge in [0.25, 0.3) is 0 Å².